The summed E-state index contributed by atoms with van der Waals surface area (Å²) in [5.74, 6) is 0.798. The number of imidazole rings is 1. The van der Waals surface area contributed by atoms with Crippen molar-refractivity contribution in [2.24, 2.45) is 7.05 Å². The third kappa shape index (κ3) is 1.48. The van der Waals surface area contributed by atoms with Gasteiger partial charge in [0.25, 0.3) is 0 Å². The molecule has 0 bridgehead atoms. The molecular weight excluding hydrogens is 188 g/mol. The molecule has 0 saturated heterocycles. The Morgan fingerprint density at radius 2 is 2.00 bits per heavy atom. The van der Waals surface area contributed by atoms with Gasteiger partial charge in [-0.1, -0.05) is 0 Å². The number of nitrogens with zero attached hydrogens (tertiary/aromatic N) is 4. The standard InChI is InChI=1S/C11H10N4/c1-8-10(7-12)14-11(15(8)2)9-3-5-13-6-4-9/h3-6H,1-2H3. The Morgan fingerprint density at radius 1 is 1.33 bits per heavy atom. The van der Waals surface area contributed by atoms with Crippen LogP contribution >= 0.6 is 0 Å². The maximum absolute atomic E-state index is 8.86. The molecule has 0 aliphatic rings. The van der Waals surface area contributed by atoms with Crippen LogP contribution in [0.4, 0.5) is 0 Å². The summed E-state index contributed by atoms with van der Waals surface area (Å²) in [7, 11) is 1.90. The van der Waals surface area contributed by atoms with Crippen molar-refractivity contribution in [1.82, 2.24) is 14.5 Å². The highest BCUT2D eigenvalue weighted by atomic mass is 15.1. The molecule has 74 valence electrons. The van der Waals surface area contributed by atoms with E-state index in [1.165, 1.54) is 0 Å². The fourth-order valence-electron chi connectivity index (χ4n) is 1.44. The van der Waals surface area contributed by atoms with Gasteiger partial charge in [-0.2, -0.15) is 5.26 Å². The third-order valence-electron chi connectivity index (χ3n) is 2.43. The lowest BCUT2D eigenvalue weighted by atomic mass is 10.2. The van der Waals surface area contributed by atoms with E-state index >= 15 is 0 Å². The molecule has 2 heterocycles. The number of hydrogen-bond donors (Lipinski definition) is 0. The van der Waals surface area contributed by atoms with Crippen molar-refractivity contribution < 1.29 is 0 Å². The summed E-state index contributed by atoms with van der Waals surface area (Å²) >= 11 is 0. The van der Waals surface area contributed by atoms with Crippen molar-refractivity contribution >= 4 is 0 Å². The Morgan fingerprint density at radius 3 is 2.53 bits per heavy atom. The van der Waals surface area contributed by atoms with Crippen LogP contribution in [0.3, 0.4) is 0 Å². The lowest BCUT2D eigenvalue weighted by Crippen LogP contribution is -1.94. The lowest BCUT2D eigenvalue weighted by molar-refractivity contribution is 0.882. The first-order valence-corrected chi connectivity index (χ1v) is 4.58. The minimum atomic E-state index is 0.476. The Bertz CT molecular complexity index is 520. The topological polar surface area (TPSA) is 54.5 Å². The second kappa shape index (κ2) is 3.54. The zero-order chi connectivity index (χ0) is 10.8. The maximum atomic E-state index is 8.86. The Labute approximate surface area is 87.8 Å². The van der Waals surface area contributed by atoms with Crippen molar-refractivity contribution in [2.45, 2.75) is 6.92 Å². The Kier molecular flexibility index (Phi) is 2.22. The molecule has 2 rings (SSSR count). The van der Waals surface area contributed by atoms with E-state index in [4.69, 9.17) is 5.26 Å². The molecule has 0 spiro atoms. The average molecular weight is 198 g/mol. The van der Waals surface area contributed by atoms with Crippen LogP contribution in [0.1, 0.15) is 11.4 Å². The number of pyridine rings is 1. The molecule has 2 aromatic heterocycles. The summed E-state index contributed by atoms with van der Waals surface area (Å²) in [6.07, 6.45) is 3.43. The van der Waals surface area contributed by atoms with Crippen LogP contribution in [0.15, 0.2) is 24.5 Å². The van der Waals surface area contributed by atoms with E-state index in [2.05, 4.69) is 16.0 Å². The first kappa shape index (κ1) is 9.41. The van der Waals surface area contributed by atoms with Gasteiger partial charge in [0.15, 0.2) is 5.69 Å². The first-order valence-electron chi connectivity index (χ1n) is 4.58. The van der Waals surface area contributed by atoms with Gasteiger partial charge in [0, 0.05) is 25.0 Å². The highest BCUT2D eigenvalue weighted by Gasteiger charge is 2.11. The lowest BCUT2D eigenvalue weighted by Gasteiger charge is -2.01. The molecule has 0 unspecified atom stereocenters. The highest BCUT2D eigenvalue weighted by molar-refractivity contribution is 5.56. The summed E-state index contributed by atoms with van der Waals surface area (Å²) in [5.41, 5.74) is 2.32. The van der Waals surface area contributed by atoms with E-state index in [0.717, 1.165) is 17.1 Å². The molecule has 0 saturated carbocycles. The van der Waals surface area contributed by atoms with Crippen LogP contribution in [0.5, 0.6) is 0 Å². The third-order valence-corrected chi connectivity index (χ3v) is 2.43. The van der Waals surface area contributed by atoms with Gasteiger partial charge < -0.3 is 4.57 Å². The van der Waals surface area contributed by atoms with Gasteiger partial charge in [-0.25, -0.2) is 4.98 Å². The van der Waals surface area contributed by atoms with Crippen LogP contribution in [-0.4, -0.2) is 14.5 Å². The summed E-state index contributed by atoms with van der Waals surface area (Å²) in [5, 5.41) is 8.86. The molecule has 15 heavy (non-hydrogen) atoms. The fraction of sp³-hybridized carbons (Fsp3) is 0.182. The molecule has 0 aliphatic heterocycles. The quantitative estimate of drug-likeness (QED) is 0.700. The molecule has 0 N–H and O–H groups in total. The number of rotatable bonds is 1. The monoisotopic (exact) mass is 198 g/mol. The van der Waals surface area contributed by atoms with Gasteiger partial charge in [0.1, 0.15) is 11.9 Å². The zero-order valence-corrected chi connectivity index (χ0v) is 8.60. The largest absolute Gasteiger partial charge is 0.330 e. The molecule has 4 heteroatoms. The second-order valence-corrected chi connectivity index (χ2v) is 3.28. The van der Waals surface area contributed by atoms with Crippen LogP contribution in [0.2, 0.25) is 0 Å². The molecule has 0 aliphatic carbocycles. The highest BCUT2D eigenvalue weighted by Crippen LogP contribution is 2.19. The normalized spacial score (nSPS) is 9.93. The van der Waals surface area contributed by atoms with Gasteiger partial charge in [0.2, 0.25) is 0 Å². The first-order chi connectivity index (χ1) is 7.24. The van der Waals surface area contributed by atoms with Crippen molar-refractivity contribution in [1.29, 1.82) is 5.26 Å². The Balaban J connectivity index is 2.61. The molecule has 0 atom stereocenters. The van der Waals surface area contributed by atoms with Crippen molar-refractivity contribution in [3.05, 3.63) is 35.9 Å². The molecule has 4 nitrogen and oxygen atoms in total. The van der Waals surface area contributed by atoms with Crippen molar-refractivity contribution in [3.8, 4) is 17.5 Å². The molecule has 0 fully saturated rings. The summed E-state index contributed by atoms with van der Waals surface area (Å²) in [4.78, 5) is 8.22. The number of nitriles is 1. The summed E-state index contributed by atoms with van der Waals surface area (Å²) < 4.78 is 1.91. The van der Waals surface area contributed by atoms with Crippen LogP contribution in [-0.2, 0) is 7.05 Å². The number of hydrogen-bond acceptors (Lipinski definition) is 3. The predicted octanol–water partition coefficient (Wildman–Crippen LogP) is 1.66. The Hall–Kier alpha value is -2.15. The van der Waals surface area contributed by atoms with Crippen molar-refractivity contribution in [2.75, 3.05) is 0 Å². The van der Waals surface area contributed by atoms with Gasteiger partial charge >= 0.3 is 0 Å². The molecule has 0 radical (unpaired) electrons. The van der Waals surface area contributed by atoms with E-state index in [1.807, 2.05) is 30.7 Å². The summed E-state index contributed by atoms with van der Waals surface area (Å²) in [6, 6.07) is 5.83. The minimum absolute atomic E-state index is 0.476. The van der Waals surface area contributed by atoms with E-state index in [1.54, 1.807) is 12.4 Å². The van der Waals surface area contributed by atoms with Crippen LogP contribution < -0.4 is 0 Å². The minimum Gasteiger partial charge on any atom is -0.330 e. The van der Waals surface area contributed by atoms with E-state index in [0.29, 0.717) is 5.69 Å². The van der Waals surface area contributed by atoms with E-state index in [-0.39, 0.29) is 0 Å². The van der Waals surface area contributed by atoms with E-state index < -0.39 is 0 Å². The SMILES string of the molecule is Cc1c(C#N)nc(-c2ccncc2)n1C. The van der Waals surface area contributed by atoms with Crippen molar-refractivity contribution in [3.63, 3.8) is 0 Å². The molecule has 2 aromatic rings. The van der Waals surface area contributed by atoms with Gasteiger partial charge in [0.05, 0.1) is 5.69 Å². The molecule has 0 aromatic carbocycles. The van der Waals surface area contributed by atoms with Gasteiger partial charge in [-0.15, -0.1) is 0 Å². The smallest absolute Gasteiger partial charge is 0.162 e. The maximum Gasteiger partial charge on any atom is 0.162 e. The molecular formula is C11H10N4. The van der Waals surface area contributed by atoms with Crippen LogP contribution in [0, 0.1) is 18.3 Å². The predicted molar refractivity (Wildman–Crippen MR) is 55.9 cm³/mol. The zero-order valence-electron chi connectivity index (χ0n) is 8.60. The van der Waals surface area contributed by atoms with Crippen LogP contribution in [0.25, 0.3) is 11.4 Å². The van der Waals surface area contributed by atoms with E-state index in [9.17, 15) is 0 Å². The fourth-order valence-corrected chi connectivity index (χ4v) is 1.44. The summed E-state index contributed by atoms with van der Waals surface area (Å²) in [6.45, 7) is 1.89. The average Bonchev–Trinajstić information content (AvgIpc) is 2.57. The van der Waals surface area contributed by atoms with Gasteiger partial charge in [-0.05, 0) is 19.1 Å². The van der Waals surface area contributed by atoms with Gasteiger partial charge in [-0.3, -0.25) is 4.98 Å². The number of aromatic nitrogens is 3. The molecule has 0 amide bonds. The second-order valence-electron chi connectivity index (χ2n) is 3.28.